The monoisotopic (exact) mass is 492 g/mol. The second-order valence-electron chi connectivity index (χ2n) is 9.70. The normalized spacial score (nSPS) is 16.0. The molecule has 3 atom stereocenters. The molecule has 0 spiro atoms. The zero-order valence-corrected chi connectivity index (χ0v) is 22.5. The maximum absolute atomic E-state index is 12.4. The number of carbonyl (C=O) groups excluding carboxylic acids is 1. The van der Waals surface area contributed by atoms with E-state index in [9.17, 15) is 19.4 Å². The lowest BCUT2D eigenvalue weighted by molar-refractivity contribution is -0.870. The fourth-order valence-electron chi connectivity index (χ4n) is 3.09. The van der Waals surface area contributed by atoms with Gasteiger partial charge in [-0.2, -0.15) is 0 Å². The summed E-state index contributed by atoms with van der Waals surface area (Å²) in [6.45, 7) is 4.40. The molecule has 2 N–H and O–H groups in total. The molecule has 0 aliphatic heterocycles. The van der Waals surface area contributed by atoms with Crippen molar-refractivity contribution in [2.45, 2.75) is 96.6 Å². The number of nitrogens with zero attached hydrogens (tertiary/aromatic N) is 1. The number of unbranched alkanes of at least 4 members (excludes halogenated alkanes) is 8. The summed E-state index contributed by atoms with van der Waals surface area (Å²) >= 11 is 0. The van der Waals surface area contributed by atoms with Gasteiger partial charge in [0, 0.05) is 6.42 Å². The molecule has 0 bridgehead atoms. The van der Waals surface area contributed by atoms with Gasteiger partial charge >= 0.3 is 0 Å². The summed E-state index contributed by atoms with van der Waals surface area (Å²) in [5, 5.41) is 13.3. The molecule has 0 aliphatic rings. The number of aliphatic hydroxyl groups is 1. The van der Waals surface area contributed by atoms with Gasteiger partial charge < -0.3 is 28.8 Å². The van der Waals surface area contributed by atoms with Crippen LogP contribution in [0.25, 0.3) is 0 Å². The number of likely N-dealkylation sites (N-methyl/N-ethyl adjacent to an activating group) is 1. The van der Waals surface area contributed by atoms with Crippen molar-refractivity contribution in [1.29, 1.82) is 0 Å². The number of hydrogen-bond donors (Lipinski definition) is 2. The van der Waals surface area contributed by atoms with E-state index in [1.165, 1.54) is 6.42 Å². The minimum absolute atomic E-state index is 0.000714. The minimum Gasteiger partial charge on any atom is -0.756 e. The van der Waals surface area contributed by atoms with E-state index < -0.39 is 20.0 Å². The highest BCUT2D eigenvalue weighted by atomic mass is 31.2. The number of phosphoric acid groups is 1. The Kier molecular flexibility index (Phi) is 18.1. The van der Waals surface area contributed by atoms with E-state index in [0.717, 1.165) is 57.8 Å². The number of carbonyl (C=O) groups is 1. The van der Waals surface area contributed by atoms with Crippen LogP contribution in [0.1, 0.15) is 84.5 Å². The van der Waals surface area contributed by atoms with Crippen molar-refractivity contribution in [1.82, 2.24) is 5.32 Å². The SMILES string of the molecule is CCCCCC/C=C/C(O)C(COP(=O)([O-])OCC[N+](C)(C)C)NC(=O)CCCCCCC. The summed E-state index contributed by atoms with van der Waals surface area (Å²) in [7, 11) is 1.25. The summed E-state index contributed by atoms with van der Waals surface area (Å²) in [4.78, 5) is 24.5. The molecule has 0 saturated heterocycles. The van der Waals surface area contributed by atoms with E-state index >= 15 is 0 Å². The maximum atomic E-state index is 12.4. The Morgan fingerprint density at radius 2 is 1.64 bits per heavy atom. The fourth-order valence-corrected chi connectivity index (χ4v) is 3.81. The molecule has 0 heterocycles. The first-order valence-electron chi connectivity index (χ1n) is 12.6. The molecule has 33 heavy (non-hydrogen) atoms. The molecule has 0 aromatic carbocycles. The first-order valence-corrected chi connectivity index (χ1v) is 14.0. The second-order valence-corrected chi connectivity index (χ2v) is 11.1. The van der Waals surface area contributed by atoms with Crippen LogP contribution < -0.4 is 10.2 Å². The van der Waals surface area contributed by atoms with Crippen molar-refractivity contribution in [3.05, 3.63) is 12.2 Å². The molecule has 0 saturated carbocycles. The van der Waals surface area contributed by atoms with Crippen LogP contribution >= 0.6 is 7.82 Å². The quantitative estimate of drug-likeness (QED) is 0.109. The van der Waals surface area contributed by atoms with Crippen LogP contribution in [0.5, 0.6) is 0 Å². The summed E-state index contributed by atoms with van der Waals surface area (Å²) in [6, 6.07) is -0.871. The van der Waals surface area contributed by atoms with E-state index in [0.29, 0.717) is 17.4 Å². The van der Waals surface area contributed by atoms with E-state index in [1.54, 1.807) is 6.08 Å². The summed E-state index contributed by atoms with van der Waals surface area (Å²) < 4.78 is 22.6. The van der Waals surface area contributed by atoms with Gasteiger partial charge in [0.15, 0.2) is 0 Å². The van der Waals surface area contributed by atoms with E-state index in [-0.39, 0.29) is 19.1 Å². The summed E-state index contributed by atoms with van der Waals surface area (Å²) in [5.41, 5.74) is 0. The average molecular weight is 493 g/mol. The van der Waals surface area contributed by atoms with Gasteiger partial charge in [-0.25, -0.2) is 0 Å². The first kappa shape index (κ1) is 32.2. The number of rotatable bonds is 21. The Morgan fingerprint density at radius 1 is 1.03 bits per heavy atom. The molecule has 0 aromatic rings. The zero-order valence-electron chi connectivity index (χ0n) is 21.6. The van der Waals surface area contributed by atoms with Gasteiger partial charge in [0.1, 0.15) is 13.2 Å². The molecule has 8 nitrogen and oxygen atoms in total. The Bertz CT molecular complexity index is 580. The molecular formula is C24H49N2O6P. The minimum atomic E-state index is -4.54. The smallest absolute Gasteiger partial charge is 0.268 e. The predicted molar refractivity (Wildman–Crippen MR) is 132 cm³/mol. The summed E-state index contributed by atoms with van der Waals surface area (Å²) in [5.74, 6) is -0.220. The molecule has 1 amide bonds. The Hall–Kier alpha value is -0.760. The van der Waals surface area contributed by atoms with Gasteiger partial charge in [-0.1, -0.05) is 70.9 Å². The molecule has 0 fully saturated rings. The molecule has 196 valence electrons. The van der Waals surface area contributed by atoms with Crippen LogP contribution in [-0.4, -0.2) is 68.5 Å². The number of allylic oxidation sites excluding steroid dienone is 1. The molecule has 0 rings (SSSR count). The standard InChI is InChI=1S/C24H49N2O6P/c1-6-8-10-12-14-15-17-23(27)22(25-24(28)18-16-13-11-9-7-2)21-32-33(29,30)31-20-19-26(3,4)5/h15,17,22-23,27H,6-14,16,18-21H2,1-5H3,(H-,25,28,29,30)/b17-15+. The van der Waals surface area contributed by atoms with Crippen molar-refractivity contribution in [2.75, 3.05) is 40.9 Å². The first-order chi connectivity index (χ1) is 15.5. The predicted octanol–water partition coefficient (Wildman–Crippen LogP) is 3.93. The topological polar surface area (TPSA) is 108 Å². The van der Waals surface area contributed by atoms with Crippen LogP contribution in [0.2, 0.25) is 0 Å². The van der Waals surface area contributed by atoms with Crippen molar-refractivity contribution < 1.29 is 32.9 Å². The van der Waals surface area contributed by atoms with Crippen LogP contribution in [-0.2, 0) is 18.4 Å². The largest absolute Gasteiger partial charge is 0.756 e. The lowest BCUT2D eigenvalue weighted by Crippen LogP contribution is -2.45. The van der Waals surface area contributed by atoms with Gasteiger partial charge in [-0.05, 0) is 19.3 Å². The van der Waals surface area contributed by atoms with Crippen LogP contribution in [0.3, 0.4) is 0 Å². The summed E-state index contributed by atoms with van der Waals surface area (Å²) in [6.07, 6.45) is 13.2. The van der Waals surface area contributed by atoms with Crippen molar-refractivity contribution in [2.24, 2.45) is 0 Å². The highest BCUT2D eigenvalue weighted by Crippen LogP contribution is 2.38. The van der Waals surface area contributed by atoms with Gasteiger partial charge in [0.2, 0.25) is 5.91 Å². The number of nitrogens with one attached hydrogen (secondary N) is 1. The lowest BCUT2D eigenvalue weighted by atomic mass is 10.1. The number of hydrogen-bond acceptors (Lipinski definition) is 6. The average Bonchev–Trinajstić information content (AvgIpc) is 2.72. The van der Waals surface area contributed by atoms with E-state index in [4.69, 9.17) is 9.05 Å². The number of aliphatic hydroxyl groups excluding tert-OH is 1. The van der Waals surface area contributed by atoms with Gasteiger partial charge in [-0.3, -0.25) is 9.36 Å². The van der Waals surface area contributed by atoms with Crippen LogP contribution in [0.4, 0.5) is 0 Å². The van der Waals surface area contributed by atoms with Gasteiger partial charge in [0.25, 0.3) is 7.82 Å². The molecule has 0 aromatic heterocycles. The van der Waals surface area contributed by atoms with Crippen LogP contribution in [0.15, 0.2) is 12.2 Å². The second kappa shape index (κ2) is 18.6. The number of phosphoric ester groups is 1. The lowest BCUT2D eigenvalue weighted by Gasteiger charge is -2.29. The van der Waals surface area contributed by atoms with Crippen molar-refractivity contribution >= 4 is 13.7 Å². The highest BCUT2D eigenvalue weighted by molar-refractivity contribution is 7.45. The van der Waals surface area contributed by atoms with Gasteiger partial charge in [-0.15, -0.1) is 0 Å². The van der Waals surface area contributed by atoms with Crippen LogP contribution in [0, 0.1) is 0 Å². The highest BCUT2D eigenvalue weighted by Gasteiger charge is 2.23. The van der Waals surface area contributed by atoms with E-state index in [1.807, 2.05) is 27.2 Å². The van der Waals surface area contributed by atoms with Crippen molar-refractivity contribution in [3.63, 3.8) is 0 Å². The zero-order chi connectivity index (χ0) is 25.2. The molecule has 3 unspecified atom stereocenters. The van der Waals surface area contributed by atoms with Crippen molar-refractivity contribution in [3.8, 4) is 0 Å². The number of amides is 1. The number of quaternary nitrogens is 1. The molecule has 0 aliphatic carbocycles. The third kappa shape index (κ3) is 20.3. The maximum Gasteiger partial charge on any atom is 0.268 e. The molecular weight excluding hydrogens is 443 g/mol. The molecule has 9 heteroatoms. The third-order valence-corrected chi connectivity index (χ3v) is 6.21. The van der Waals surface area contributed by atoms with Gasteiger partial charge in [0.05, 0.1) is 39.9 Å². The Labute approximate surface area is 201 Å². The fraction of sp³-hybridized carbons (Fsp3) is 0.875. The van der Waals surface area contributed by atoms with E-state index in [2.05, 4.69) is 19.2 Å². The molecule has 0 radical (unpaired) electrons. The third-order valence-electron chi connectivity index (χ3n) is 5.25. The Morgan fingerprint density at radius 3 is 2.24 bits per heavy atom. The Balaban J connectivity index is 4.79.